The van der Waals surface area contributed by atoms with E-state index in [2.05, 4.69) is 5.32 Å². The van der Waals surface area contributed by atoms with E-state index >= 15 is 0 Å². The van der Waals surface area contributed by atoms with Gasteiger partial charge in [-0.3, -0.25) is 14.9 Å². The molecule has 0 saturated carbocycles. The molecule has 8 heteroatoms. The van der Waals surface area contributed by atoms with E-state index in [0.717, 1.165) is 4.90 Å². The number of carbonyl (C=O) groups is 1. The second kappa shape index (κ2) is 7.24. The normalized spacial score (nSPS) is 10.3. The van der Waals surface area contributed by atoms with Crippen LogP contribution in [0.3, 0.4) is 0 Å². The van der Waals surface area contributed by atoms with E-state index in [1.165, 1.54) is 42.1 Å². The summed E-state index contributed by atoms with van der Waals surface area (Å²) in [6.45, 7) is 0. The minimum atomic E-state index is -0.620. The molecule has 5 nitrogen and oxygen atoms in total. The van der Waals surface area contributed by atoms with Gasteiger partial charge in [-0.05, 0) is 36.4 Å². The molecule has 0 atom stereocenters. The molecule has 0 radical (unpaired) electrons. The largest absolute Gasteiger partial charge is 0.325 e. The number of benzene rings is 2. The van der Waals surface area contributed by atoms with Crippen molar-refractivity contribution in [2.45, 2.75) is 4.90 Å². The standard InChI is InChI=1S/C14H10ClFN2O3S/c15-12-6-3-10(7-13(12)18(20)21)17-14(19)8-22-11-4-1-9(16)2-5-11/h1-7H,8H2,(H,17,19). The lowest BCUT2D eigenvalue weighted by molar-refractivity contribution is -0.384. The van der Waals surface area contributed by atoms with E-state index in [1.54, 1.807) is 12.1 Å². The van der Waals surface area contributed by atoms with Crippen LogP contribution in [0, 0.1) is 15.9 Å². The van der Waals surface area contributed by atoms with Crippen molar-refractivity contribution < 1.29 is 14.1 Å². The van der Waals surface area contributed by atoms with Crippen molar-refractivity contribution in [1.29, 1.82) is 0 Å². The highest BCUT2D eigenvalue weighted by Crippen LogP contribution is 2.27. The van der Waals surface area contributed by atoms with Crippen LogP contribution in [0.4, 0.5) is 15.8 Å². The van der Waals surface area contributed by atoms with Crippen LogP contribution in [0.1, 0.15) is 0 Å². The molecule has 1 N–H and O–H groups in total. The highest BCUT2D eigenvalue weighted by Gasteiger charge is 2.14. The zero-order valence-corrected chi connectivity index (χ0v) is 12.7. The van der Waals surface area contributed by atoms with Crippen molar-refractivity contribution >= 4 is 40.6 Å². The van der Waals surface area contributed by atoms with Gasteiger partial charge in [0.25, 0.3) is 5.69 Å². The second-order valence-electron chi connectivity index (χ2n) is 4.21. The predicted octanol–water partition coefficient (Wildman–Crippen LogP) is 4.12. The monoisotopic (exact) mass is 340 g/mol. The lowest BCUT2D eigenvalue weighted by Crippen LogP contribution is -2.14. The zero-order chi connectivity index (χ0) is 16.1. The third kappa shape index (κ3) is 4.44. The molecule has 0 heterocycles. The Bertz CT molecular complexity index is 710. The van der Waals surface area contributed by atoms with E-state index < -0.39 is 4.92 Å². The Morgan fingerprint density at radius 3 is 2.59 bits per heavy atom. The topological polar surface area (TPSA) is 72.2 Å². The van der Waals surface area contributed by atoms with E-state index in [4.69, 9.17) is 11.6 Å². The number of thioether (sulfide) groups is 1. The fourth-order valence-corrected chi connectivity index (χ4v) is 2.49. The van der Waals surface area contributed by atoms with Crippen molar-refractivity contribution in [2.24, 2.45) is 0 Å². The first kappa shape index (κ1) is 16.3. The fraction of sp³-hybridized carbons (Fsp3) is 0.0714. The van der Waals surface area contributed by atoms with E-state index in [-0.39, 0.29) is 28.2 Å². The van der Waals surface area contributed by atoms with Gasteiger partial charge < -0.3 is 5.32 Å². The van der Waals surface area contributed by atoms with Gasteiger partial charge in [-0.15, -0.1) is 11.8 Å². The average Bonchev–Trinajstić information content (AvgIpc) is 2.48. The van der Waals surface area contributed by atoms with Gasteiger partial charge in [-0.25, -0.2) is 4.39 Å². The molecule has 0 saturated heterocycles. The van der Waals surface area contributed by atoms with Crippen molar-refractivity contribution in [1.82, 2.24) is 0 Å². The van der Waals surface area contributed by atoms with Gasteiger partial charge in [0.05, 0.1) is 10.7 Å². The molecule has 1 amide bonds. The maximum absolute atomic E-state index is 12.8. The summed E-state index contributed by atoms with van der Waals surface area (Å²) in [7, 11) is 0. The molecule has 0 aliphatic rings. The number of nitrogens with one attached hydrogen (secondary N) is 1. The lowest BCUT2D eigenvalue weighted by atomic mass is 10.3. The molecule has 0 aliphatic carbocycles. The van der Waals surface area contributed by atoms with Crippen LogP contribution in [0.5, 0.6) is 0 Å². The summed E-state index contributed by atoms with van der Waals surface area (Å²) in [4.78, 5) is 22.7. The summed E-state index contributed by atoms with van der Waals surface area (Å²) in [5.41, 5.74) is 0.0199. The number of hydrogen-bond donors (Lipinski definition) is 1. The molecule has 2 aromatic rings. The number of amides is 1. The summed E-state index contributed by atoms with van der Waals surface area (Å²) >= 11 is 6.92. The van der Waals surface area contributed by atoms with Crippen molar-refractivity contribution in [2.75, 3.05) is 11.1 Å². The third-order valence-corrected chi connectivity index (χ3v) is 3.94. The zero-order valence-electron chi connectivity index (χ0n) is 11.1. The number of nitro benzene ring substituents is 1. The van der Waals surface area contributed by atoms with Crippen LogP contribution in [0.2, 0.25) is 5.02 Å². The summed E-state index contributed by atoms with van der Waals surface area (Å²) in [6, 6.07) is 9.79. The number of halogens is 2. The summed E-state index contributed by atoms with van der Waals surface area (Å²) in [6.07, 6.45) is 0. The summed E-state index contributed by atoms with van der Waals surface area (Å²) < 4.78 is 12.8. The van der Waals surface area contributed by atoms with Crippen LogP contribution in [0.25, 0.3) is 0 Å². The van der Waals surface area contributed by atoms with Gasteiger partial charge in [0.1, 0.15) is 10.8 Å². The Balaban J connectivity index is 1.96. The highest BCUT2D eigenvalue weighted by atomic mass is 35.5. The van der Waals surface area contributed by atoms with E-state index in [9.17, 15) is 19.3 Å². The fourth-order valence-electron chi connectivity index (χ4n) is 1.61. The molecular formula is C14H10ClFN2O3S. The molecule has 0 unspecified atom stereocenters. The van der Waals surface area contributed by atoms with Gasteiger partial charge in [0.15, 0.2) is 0 Å². The molecule has 0 fully saturated rings. The minimum absolute atomic E-state index is 0.00341. The van der Waals surface area contributed by atoms with E-state index in [1.807, 2.05) is 0 Å². The summed E-state index contributed by atoms with van der Waals surface area (Å²) in [5, 5.41) is 13.3. The van der Waals surface area contributed by atoms with Crippen LogP contribution < -0.4 is 5.32 Å². The number of carbonyl (C=O) groups excluding carboxylic acids is 1. The maximum Gasteiger partial charge on any atom is 0.289 e. The quantitative estimate of drug-likeness (QED) is 0.505. The number of anilines is 1. The molecule has 2 rings (SSSR count). The van der Waals surface area contributed by atoms with Crippen molar-refractivity contribution in [3.63, 3.8) is 0 Å². The molecule has 2 aromatic carbocycles. The number of nitro groups is 1. The first-order chi connectivity index (χ1) is 10.5. The van der Waals surface area contributed by atoms with Gasteiger partial charge in [0, 0.05) is 16.6 Å². The molecule has 114 valence electrons. The van der Waals surface area contributed by atoms with Gasteiger partial charge >= 0.3 is 0 Å². The van der Waals surface area contributed by atoms with Crippen LogP contribution in [0.15, 0.2) is 47.4 Å². The molecule has 0 bridgehead atoms. The second-order valence-corrected chi connectivity index (χ2v) is 5.67. The smallest absolute Gasteiger partial charge is 0.289 e. The first-order valence-corrected chi connectivity index (χ1v) is 7.44. The minimum Gasteiger partial charge on any atom is -0.325 e. The summed E-state index contributed by atoms with van der Waals surface area (Å²) in [5.74, 6) is -0.574. The van der Waals surface area contributed by atoms with Crippen LogP contribution in [-0.4, -0.2) is 16.6 Å². The first-order valence-electron chi connectivity index (χ1n) is 6.08. The average molecular weight is 341 g/mol. The lowest BCUT2D eigenvalue weighted by Gasteiger charge is -2.06. The number of rotatable bonds is 5. The van der Waals surface area contributed by atoms with Crippen LogP contribution in [-0.2, 0) is 4.79 Å². The van der Waals surface area contributed by atoms with Crippen LogP contribution >= 0.6 is 23.4 Å². The Labute approximate surface area is 134 Å². The van der Waals surface area contributed by atoms with Gasteiger partial charge in [0.2, 0.25) is 5.91 Å². The van der Waals surface area contributed by atoms with E-state index in [0.29, 0.717) is 5.69 Å². The molecule has 0 aromatic heterocycles. The molecular weight excluding hydrogens is 331 g/mol. The highest BCUT2D eigenvalue weighted by molar-refractivity contribution is 8.00. The van der Waals surface area contributed by atoms with Crippen molar-refractivity contribution in [3.05, 3.63) is 63.4 Å². The maximum atomic E-state index is 12.8. The predicted molar refractivity (Wildman–Crippen MR) is 83.9 cm³/mol. The molecule has 0 spiro atoms. The molecule has 22 heavy (non-hydrogen) atoms. The van der Waals surface area contributed by atoms with Gasteiger partial charge in [-0.1, -0.05) is 11.6 Å². The van der Waals surface area contributed by atoms with Gasteiger partial charge in [-0.2, -0.15) is 0 Å². The SMILES string of the molecule is O=C(CSc1ccc(F)cc1)Nc1ccc(Cl)c([N+](=O)[O-])c1. The third-order valence-electron chi connectivity index (χ3n) is 2.61. The number of hydrogen-bond acceptors (Lipinski definition) is 4. The Morgan fingerprint density at radius 2 is 1.95 bits per heavy atom. The van der Waals surface area contributed by atoms with Crippen molar-refractivity contribution in [3.8, 4) is 0 Å². The Morgan fingerprint density at radius 1 is 1.27 bits per heavy atom. The Kier molecular flexibility index (Phi) is 5.35. The Hall–Kier alpha value is -2.12. The molecule has 0 aliphatic heterocycles. The number of nitrogens with zero attached hydrogens (tertiary/aromatic N) is 1.